The van der Waals surface area contributed by atoms with Crippen LogP contribution in [-0.2, 0) is 9.53 Å². The molecule has 1 aliphatic heterocycles. The van der Waals surface area contributed by atoms with Crippen molar-refractivity contribution in [1.29, 1.82) is 0 Å². The number of carbonyl (C=O) groups excluding carboxylic acids is 1. The fraction of sp³-hybridized carbons (Fsp3) is 0.194. The molecule has 0 fully saturated rings. The Morgan fingerprint density at radius 3 is 2.35 bits per heavy atom. The van der Waals surface area contributed by atoms with Crippen LogP contribution >= 0.6 is 11.3 Å². The highest BCUT2D eigenvalue weighted by atomic mass is 32.1. The number of nitro benzene ring substituents is 1. The molecular formula is C31H27N3O8S. The van der Waals surface area contributed by atoms with Crippen molar-refractivity contribution in [2.75, 3.05) is 27.9 Å². The summed E-state index contributed by atoms with van der Waals surface area (Å²) in [5.74, 6) is 0.368. The van der Waals surface area contributed by atoms with Gasteiger partial charge >= 0.3 is 11.7 Å². The van der Waals surface area contributed by atoms with Crippen LogP contribution in [-0.4, -0.2) is 43.4 Å². The Labute approximate surface area is 249 Å². The minimum absolute atomic E-state index is 0.101. The molecule has 4 aromatic rings. The summed E-state index contributed by atoms with van der Waals surface area (Å²) < 4.78 is 23.3. The molecule has 2 heterocycles. The van der Waals surface area contributed by atoms with E-state index in [2.05, 4.69) is 0 Å². The van der Waals surface area contributed by atoms with Gasteiger partial charge in [0, 0.05) is 11.6 Å². The normalized spacial score (nSPS) is 14.5. The van der Waals surface area contributed by atoms with E-state index in [1.54, 1.807) is 37.3 Å². The summed E-state index contributed by atoms with van der Waals surface area (Å²) in [7, 11) is 4.36. The van der Waals surface area contributed by atoms with Gasteiger partial charge in [-0.05, 0) is 42.3 Å². The second-order valence-electron chi connectivity index (χ2n) is 9.23. The van der Waals surface area contributed by atoms with E-state index in [1.165, 1.54) is 38.0 Å². The van der Waals surface area contributed by atoms with Gasteiger partial charge in [-0.2, -0.15) is 0 Å². The van der Waals surface area contributed by atoms with Crippen molar-refractivity contribution < 1.29 is 28.7 Å². The van der Waals surface area contributed by atoms with Gasteiger partial charge in [0.05, 0.1) is 54.7 Å². The number of benzene rings is 3. The maximum Gasteiger partial charge on any atom is 0.338 e. The first-order valence-electron chi connectivity index (χ1n) is 13.1. The minimum atomic E-state index is -0.933. The van der Waals surface area contributed by atoms with Gasteiger partial charge in [-0.15, -0.1) is 0 Å². The lowest BCUT2D eigenvalue weighted by Gasteiger charge is -2.26. The Kier molecular flexibility index (Phi) is 8.39. The highest BCUT2D eigenvalue weighted by Crippen LogP contribution is 2.38. The van der Waals surface area contributed by atoms with Crippen LogP contribution in [0.4, 0.5) is 5.69 Å². The third-order valence-corrected chi connectivity index (χ3v) is 7.78. The zero-order valence-corrected chi connectivity index (χ0v) is 24.5. The number of rotatable bonds is 9. The van der Waals surface area contributed by atoms with E-state index in [1.807, 2.05) is 30.3 Å². The lowest BCUT2D eigenvalue weighted by molar-refractivity contribution is -0.385. The molecular weight excluding hydrogens is 574 g/mol. The van der Waals surface area contributed by atoms with Gasteiger partial charge in [-0.25, -0.2) is 9.79 Å². The monoisotopic (exact) mass is 601 g/mol. The number of aromatic nitrogens is 1. The molecule has 0 saturated heterocycles. The molecule has 0 amide bonds. The highest BCUT2D eigenvalue weighted by molar-refractivity contribution is 7.07. The summed E-state index contributed by atoms with van der Waals surface area (Å²) in [6.45, 7) is 1.82. The average Bonchev–Trinajstić information content (AvgIpc) is 3.34. The van der Waals surface area contributed by atoms with Crippen molar-refractivity contribution in [2.45, 2.75) is 13.0 Å². The van der Waals surface area contributed by atoms with E-state index >= 15 is 0 Å². The molecule has 0 aliphatic carbocycles. The van der Waals surface area contributed by atoms with Crippen molar-refractivity contribution in [3.8, 4) is 17.2 Å². The highest BCUT2D eigenvalue weighted by Gasteiger charge is 2.35. The molecule has 0 bridgehead atoms. The van der Waals surface area contributed by atoms with Crippen molar-refractivity contribution >= 4 is 34.8 Å². The predicted octanol–water partition coefficient (Wildman–Crippen LogP) is 3.87. The van der Waals surface area contributed by atoms with Crippen LogP contribution < -0.4 is 29.1 Å². The van der Waals surface area contributed by atoms with Gasteiger partial charge in [-0.1, -0.05) is 53.8 Å². The number of esters is 1. The summed E-state index contributed by atoms with van der Waals surface area (Å²) in [5, 5.41) is 11.6. The average molecular weight is 602 g/mol. The molecule has 11 nitrogen and oxygen atoms in total. The zero-order chi connectivity index (χ0) is 30.7. The van der Waals surface area contributed by atoms with Crippen molar-refractivity contribution in [3.63, 3.8) is 0 Å². The largest absolute Gasteiger partial charge is 0.493 e. The van der Waals surface area contributed by atoms with E-state index < -0.39 is 22.5 Å². The summed E-state index contributed by atoms with van der Waals surface area (Å²) in [6.07, 6.45) is 1.55. The Morgan fingerprint density at radius 1 is 1.00 bits per heavy atom. The summed E-state index contributed by atoms with van der Waals surface area (Å²) in [4.78, 5) is 43.9. The van der Waals surface area contributed by atoms with Gasteiger partial charge in [0.15, 0.2) is 22.0 Å². The first kappa shape index (κ1) is 29.3. The topological polar surface area (TPSA) is 131 Å². The molecule has 0 spiro atoms. The minimum Gasteiger partial charge on any atom is -0.493 e. The Morgan fingerprint density at radius 2 is 1.70 bits per heavy atom. The molecule has 0 radical (unpaired) electrons. The number of thiazole rings is 1. The number of fused-ring (bicyclic) bond motifs is 1. The first-order valence-corrected chi connectivity index (χ1v) is 14.0. The van der Waals surface area contributed by atoms with Crippen LogP contribution in [0.3, 0.4) is 0 Å². The van der Waals surface area contributed by atoms with Gasteiger partial charge in [0.1, 0.15) is 0 Å². The quantitative estimate of drug-likeness (QED) is 0.161. The van der Waals surface area contributed by atoms with Crippen molar-refractivity contribution in [1.82, 2.24) is 4.57 Å². The summed E-state index contributed by atoms with van der Waals surface area (Å²) >= 11 is 1.11. The molecule has 5 rings (SSSR count). The number of methoxy groups -OCH3 is 3. The van der Waals surface area contributed by atoms with Crippen LogP contribution in [0, 0.1) is 10.1 Å². The molecule has 1 aliphatic rings. The molecule has 43 heavy (non-hydrogen) atoms. The number of carbonyl (C=O) groups is 1. The Bertz CT molecular complexity index is 1930. The standard InChI is InChI=1S/C31H27N3O8S/c1-5-42-30(36)26-27(19-9-7-6-8-10-19)32-31-33(28(26)20-12-14-23(40-3)24(17-20)41-4)29(35)25(43-31)16-18-11-13-22(39-2)21(15-18)34(37)38/h6-17,28H,5H2,1-4H3/b25-16-/t28-/m1/s1. The molecule has 12 heteroatoms. The van der Waals surface area contributed by atoms with E-state index in [9.17, 15) is 19.7 Å². The lowest BCUT2D eigenvalue weighted by atomic mass is 9.93. The number of hydrogen-bond donors (Lipinski definition) is 0. The maximum atomic E-state index is 14.1. The van der Waals surface area contributed by atoms with Gasteiger partial charge in [-0.3, -0.25) is 19.5 Å². The molecule has 220 valence electrons. The van der Waals surface area contributed by atoms with Crippen LogP contribution in [0.1, 0.15) is 29.7 Å². The lowest BCUT2D eigenvalue weighted by Crippen LogP contribution is -2.40. The second-order valence-corrected chi connectivity index (χ2v) is 10.2. The van der Waals surface area contributed by atoms with Crippen LogP contribution in [0.25, 0.3) is 11.8 Å². The molecule has 0 saturated carbocycles. The Hall–Kier alpha value is -5.23. The fourth-order valence-electron chi connectivity index (χ4n) is 4.87. The van der Waals surface area contributed by atoms with Gasteiger partial charge in [0.25, 0.3) is 5.56 Å². The number of nitro groups is 1. The molecule has 0 N–H and O–H groups in total. The summed E-state index contributed by atoms with van der Waals surface area (Å²) in [6, 6.07) is 17.8. The van der Waals surface area contributed by atoms with Crippen molar-refractivity contribution in [3.05, 3.63) is 119 Å². The SMILES string of the molecule is CCOC(=O)C1=C(c2ccccc2)N=c2s/c(=C\c3ccc(OC)c([N+](=O)[O-])c3)c(=O)n2[C@@H]1c1ccc(OC)c(OC)c1. The van der Waals surface area contributed by atoms with Gasteiger partial charge < -0.3 is 18.9 Å². The predicted molar refractivity (Wildman–Crippen MR) is 160 cm³/mol. The maximum absolute atomic E-state index is 14.1. The van der Waals surface area contributed by atoms with E-state index in [0.29, 0.717) is 38.7 Å². The van der Waals surface area contributed by atoms with Crippen molar-refractivity contribution in [2.24, 2.45) is 4.99 Å². The van der Waals surface area contributed by atoms with E-state index in [4.69, 9.17) is 23.9 Å². The number of ether oxygens (including phenoxy) is 4. The zero-order valence-electron chi connectivity index (χ0n) is 23.7. The van der Waals surface area contributed by atoms with Crippen LogP contribution in [0.5, 0.6) is 17.2 Å². The van der Waals surface area contributed by atoms with Gasteiger partial charge in [0.2, 0.25) is 0 Å². The van der Waals surface area contributed by atoms with E-state index in [0.717, 1.165) is 11.3 Å². The molecule has 1 atom stereocenters. The number of hydrogen-bond acceptors (Lipinski definition) is 10. The molecule has 0 unspecified atom stereocenters. The van der Waals surface area contributed by atoms with Crippen LogP contribution in [0.15, 0.2) is 82.1 Å². The number of nitrogens with zero attached hydrogens (tertiary/aromatic N) is 3. The van der Waals surface area contributed by atoms with Crippen LogP contribution in [0.2, 0.25) is 0 Å². The third-order valence-electron chi connectivity index (χ3n) is 6.79. The fourth-order valence-corrected chi connectivity index (χ4v) is 5.87. The summed E-state index contributed by atoms with van der Waals surface area (Å²) in [5.41, 5.74) is 1.54. The smallest absolute Gasteiger partial charge is 0.338 e. The molecule has 3 aromatic carbocycles. The second kappa shape index (κ2) is 12.3. The third kappa shape index (κ3) is 5.52. The molecule has 1 aromatic heterocycles. The first-order chi connectivity index (χ1) is 20.8. The Balaban J connectivity index is 1.82. The van der Waals surface area contributed by atoms with E-state index in [-0.39, 0.29) is 28.1 Å².